The highest BCUT2D eigenvalue weighted by molar-refractivity contribution is 6.17. The van der Waals surface area contributed by atoms with Crippen LogP contribution >= 0.6 is 11.6 Å². The van der Waals surface area contributed by atoms with Gasteiger partial charge in [-0.1, -0.05) is 13.8 Å². The van der Waals surface area contributed by atoms with E-state index in [1.165, 1.54) is 17.0 Å². The summed E-state index contributed by atoms with van der Waals surface area (Å²) in [5, 5.41) is 7.68. The molecule has 0 spiro atoms. The Labute approximate surface area is 108 Å². The van der Waals surface area contributed by atoms with Crippen LogP contribution in [0.4, 0.5) is 0 Å². The summed E-state index contributed by atoms with van der Waals surface area (Å²) in [5.74, 6) is 1.71. The Morgan fingerprint density at radius 3 is 2.71 bits per heavy atom. The van der Waals surface area contributed by atoms with E-state index >= 15 is 0 Å². The predicted molar refractivity (Wildman–Crippen MR) is 69.5 cm³/mol. The van der Waals surface area contributed by atoms with E-state index in [4.69, 9.17) is 16.3 Å². The van der Waals surface area contributed by atoms with Crippen LogP contribution < -0.4 is 0 Å². The summed E-state index contributed by atoms with van der Waals surface area (Å²) in [6.45, 7) is 6.12. The molecule has 3 nitrogen and oxygen atoms in total. The second-order valence-corrected chi connectivity index (χ2v) is 5.45. The van der Waals surface area contributed by atoms with Crippen molar-refractivity contribution in [2.24, 2.45) is 5.92 Å². The van der Waals surface area contributed by atoms with Gasteiger partial charge in [0.1, 0.15) is 0 Å². The first kappa shape index (κ1) is 12.9. The Morgan fingerprint density at radius 2 is 2.12 bits per heavy atom. The van der Waals surface area contributed by atoms with Gasteiger partial charge < -0.3 is 4.74 Å². The van der Waals surface area contributed by atoms with Gasteiger partial charge in [0.05, 0.1) is 11.6 Å². The first-order valence-electron chi connectivity index (χ1n) is 6.42. The molecule has 1 aliphatic heterocycles. The molecule has 1 fully saturated rings. The van der Waals surface area contributed by atoms with Crippen LogP contribution in [0.15, 0.2) is 0 Å². The molecule has 2 heterocycles. The molecule has 0 amide bonds. The second-order valence-electron chi connectivity index (χ2n) is 5.18. The zero-order valence-corrected chi connectivity index (χ0v) is 11.4. The molecular formula is C13H21ClN2O. The third-order valence-electron chi connectivity index (χ3n) is 3.34. The van der Waals surface area contributed by atoms with Crippen LogP contribution in [0.25, 0.3) is 0 Å². The van der Waals surface area contributed by atoms with Crippen LogP contribution in [-0.4, -0.2) is 23.4 Å². The minimum absolute atomic E-state index is 0.523. The average molecular weight is 257 g/mol. The highest BCUT2D eigenvalue weighted by Gasteiger charge is 2.23. The minimum Gasteiger partial charge on any atom is -0.381 e. The van der Waals surface area contributed by atoms with E-state index in [-0.39, 0.29) is 0 Å². The Morgan fingerprint density at radius 1 is 1.41 bits per heavy atom. The van der Waals surface area contributed by atoms with Gasteiger partial charge >= 0.3 is 0 Å². The largest absolute Gasteiger partial charge is 0.381 e. The van der Waals surface area contributed by atoms with E-state index < -0.39 is 0 Å². The Hall–Kier alpha value is -0.540. The standard InChI is InChI=1S/C13H21ClN2O/c1-9(2)7-12-11(8-14)13(16-15-12)10-3-5-17-6-4-10/h9-10H,3-8H2,1-2H3,(H,15,16). The summed E-state index contributed by atoms with van der Waals surface area (Å²) in [6, 6.07) is 0. The van der Waals surface area contributed by atoms with E-state index in [0.29, 0.717) is 17.7 Å². The molecule has 0 bridgehead atoms. The number of nitrogens with one attached hydrogen (secondary N) is 1. The van der Waals surface area contributed by atoms with Gasteiger partial charge in [0.25, 0.3) is 0 Å². The zero-order chi connectivity index (χ0) is 12.3. The highest BCUT2D eigenvalue weighted by atomic mass is 35.5. The third kappa shape index (κ3) is 3.02. The van der Waals surface area contributed by atoms with Gasteiger partial charge in [-0.25, -0.2) is 0 Å². The van der Waals surface area contributed by atoms with Gasteiger partial charge in [-0.15, -0.1) is 11.6 Å². The number of nitrogens with zero attached hydrogens (tertiary/aromatic N) is 1. The predicted octanol–water partition coefficient (Wildman–Crippen LogP) is 3.24. The Bertz CT molecular complexity index is 356. The van der Waals surface area contributed by atoms with Crippen LogP contribution in [0.2, 0.25) is 0 Å². The lowest BCUT2D eigenvalue weighted by atomic mass is 9.92. The van der Waals surface area contributed by atoms with Crippen LogP contribution in [0.3, 0.4) is 0 Å². The first-order valence-corrected chi connectivity index (χ1v) is 6.95. The number of halogens is 1. The van der Waals surface area contributed by atoms with Crippen molar-refractivity contribution >= 4 is 11.6 Å². The number of alkyl halides is 1. The van der Waals surface area contributed by atoms with Gasteiger partial charge in [0, 0.05) is 30.4 Å². The van der Waals surface area contributed by atoms with Crippen molar-refractivity contribution in [2.75, 3.05) is 13.2 Å². The van der Waals surface area contributed by atoms with Crippen molar-refractivity contribution < 1.29 is 4.74 Å². The van der Waals surface area contributed by atoms with Crippen molar-refractivity contribution in [3.8, 4) is 0 Å². The molecule has 2 rings (SSSR count). The van der Waals surface area contributed by atoms with Crippen molar-refractivity contribution in [3.63, 3.8) is 0 Å². The number of aromatic nitrogens is 2. The van der Waals surface area contributed by atoms with Crippen molar-refractivity contribution in [1.82, 2.24) is 10.2 Å². The number of H-pyrrole nitrogens is 1. The normalized spacial score (nSPS) is 17.9. The van der Waals surface area contributed by atoms with Gasteiger partial charge in [0.15, 0.2) is 0 Å². The van der Waals surface area contributed by atoms with Crippen molar-refractivity contribution in [2.45, 2.75) is 44.9 Å². The van der Waals surface area contributed by atoms with E-state index in [1.807, 2.05) is 0 Å². The molecule has 96 valence electrons. The fourth-order valence-electron chi connectivity index (χ4n) is 2.45. The fraction of sp³-hybridized carbons (Fsp3) is 0.769. The summed E-state index contributed by atoms with van der Waals surface area (Å²) < 4.78 is 5.40. The molecular weight excluding hydrogens is 236 g/mol. The van der Waals surface area contributed by atoms with E-state index in [0.717, 1.165) is 32.5 Å². The van der Waals surface area contributed by atoms with Crippen LogP contribution in [-0.2, 0) is 17.0 Å². The number of rotatable bonds is 4. The molecule has 1 aromatic rings. The van der Waals surface area contributed by atoms with Gasteiger partial charge in [-0.3, -0.25) is 5.10 Å². The maximum absolute atomic E-state index is 6.09. The molecule has 17 heavy (non-hydrogen) atoms. The molecule has 1 saturated heterocycles. The SMILES string of the molecule is CC(C)Cc1[nH]nc(C2CCOCC2)c1CCl. The molecule has 0 saturated carbocycles. The summed E-state index contributed by atoms with van der Waals surface area (Å²) in [6.07, 6.45) is 3.16. The minimum atomic E-state index is 0.523. The van der Waals surface area contributed by atoms with E-state index in [1.54, 1.807) is 0 Å². The van der Waals surface area contributed by atoms with Crippen molar-refractivity contribution in [3.05, 3.63) is 17.0 Å². The number of hydrogen-bond acceptors (Lipinski definition) is 2. The molecule has 1 aliphatic rings. The molecule has 0 unspecified atom stereocenters. The molecule has 0 atom stereocenters. The lowest BCUT2D eigenvalue weighted by Gasteiger charge is -2.21. The number of hydrogen-bond donors (Lipinski definition) is 1. The molecule has 0 aromatic carbocycles. The van der Waals surface area contributed by atoms with Gasteiger partial charge in [0.2, 0.25) is 0 Å². The fourth-order valence-corrected chi connectivity index (χ4v) is 2.75. The van der Waals surface area contributed by atoms with E-state index in [9.17, 15) is 0 Å². The quantitative estimate of drug-likeness (QED) is 0.840. The van der Waals surface area contributed by atoms with Crippen LogP contribution in [0.5, 0.6) is 0 Å². The van der Waals surface area contributed by atoms with E-state index in [2.05, 4.69) is 24.0 Å². The Balaban J connectivity index is 2.18. The summed E-state index contributed by atoms with van der Waals surface area (Å²) in [4.78, 5) is 0. The molecule has 1 N–H and O–H groups in total. The van der Waals surface area contributed by atoms with Crippen molar-refractivity contribution in [1.29, 1.82) is 0 Å². The molecule has 0 aliphatic carbocycles. The molecule has 4 heteroatoms. The summed E-state index contributed by atoms with van der Waals surface area (Å²) in [7, 11) is 0. The Kier molecular flexibility index (Phi) is 4.46. The smallest absolute Gasteiger partial charge is 0.0701 e. The average Bonchev–Trinajstić information content (AvgIpc) is 2.72. The monoisotopic (exact) mass is 256 g/mol. The maximum atomic E-state index is 6.09. The maximum Gasteiger partial charge on any atom is 0.0701 e. The van der Waals surface area contributed by atoms with Gasteiger partial charge in [-0.05, 0) is 25.2 Å². The molecule has 0 radical (unpaired) electrons. The van der Waals surface area contributed by atoms with Crippen LogP contribution in [0.1, 0.15) is 49.6 Å². The lowest BCUT2D eigenvalue weighted by molar-refractivity contribution is 0.0843. The lowest BCUT2D eigenvalue weighted by Crippen LogP contribution is -2.15. The topological polar surface area (TPSA) is 37.9 Å². The second kappa shape index (κ2) is 5.87. The third-order valence-corrected chi connectivity index (χ3v) is 3.61. The summed E-state index contributed by atoms with van der Waals surface area (Å²) in [5.41, 5.74) is 3.63. The summed E-state index contributed by atoms with van der Waals surface area (Å²) >= 11 is 6.09. The van der Waals surface area contributed by atoms with Crippen LogP contribution in [0, 0.1) is 5.92 Å². The first-order chi connectivity index (χ1) is 8.22. The van der Waals surface area contributed by atoms with Gasteiger partial charge in [-0.2, -0.15) is 5.10 Å². The number of aromatic amines is 1. The highest BCUT2D eigenvalue weighted by Crippen LogP contribution is 2.30. The zero-order valence-electron chi connectivity index (χ0n) is 10.6. The molecule has 1 aromatic heterocycles. The number of ether oxygens (including phenoxy) is 1.